The lowest BCUT2D eigenvalue weighted by molar-refractivity contribution is 0.257. The first-order valence-electron chi connectivity index (χ1n) is 9.96. The fourth-order valence-electron chi connectivity index (χ4n) is 4.09. The van der Waals surface area contributed by atoms with E-state index in [1.54, 1.807) is 11.3 Å². The minimum Gasteiger partial charge on any atom is -0.354 e. The molecule has 1 aromatic carbocycles. The predicted octanol–water partition coefficient (Wildman–Crippen LogP) is 4.77. The number of aromatic nitrogens is 2. The molecule has 1 saturated carbocycles. The quantitative estimate of drug-likeness (QED) is 0.655. The van der Waals surface area contributed by atoms with E-state index < -0.39 is 0 Å². The molecule has 2 aliphatic rings. The average molecular weight is 379 g/mol. The van der Waals surface area contributed by atoms with Gasteiger partial charge in [0, 0.05) is 36.0 Å². The molecule has 140 valence electrons. The van der Waals surface area contributed by atoms with Crippen LogP contribution in [-0.4, -0.2) is 48.1 Å². The highest BCUT2D eigenvalue weighted by Gasteiger charge is 2.31. The van der Waals surface area contributed by atoms with Gasteiger partial charge in [-0.2, -0.15) is 0 Å². The van der Waals surface area contributed by atoms with Crippen LogP contribution in [0.1, 0.15) is 37.4 Å². The van der Waals surface area contributed by atoms with Gasteiger partial charge < -0.3 is 9.80 Å². The van der Waals surface area contributed by atoms with Crippen LogP contribution in [0.15, 0.2) is 35.7 Å². The van der Waals surface area contributed by atoms with Gasteiger partial charge in [0.25, 0.3) is 0 Å². The van der Waals surface area contributed by atoms with E-state index >= 15 is 0 Å². The SMILES string of the molecule is CN(C)[C@@H]1CCCN(c2nc(C3CC3)nc3scc(-c4ccccc4)c23)C1. The maximum atomic E-state index is 5.14. The van der Waals surface area contributed by atoms with Crippen LogP contribution in [0.5, 0.6) is 0 Å². The van der Waals surface area contributed by atoms with Gasteiger partial charge in [-0.3, -0.25) is 0 Å². The summed E-state index contributed by atoms with van der Waals surface area (Å²) in [4.78, 5) is 16.1. The van der Waals surface area contributed by atoms with Crippen LogP contribution in [-0.2, 0) is 0 Å². The molecule has 1 aliphatic carbocycles. The number of piperidine rings is 1. The fourth-order valence-corrected chi connectivity index (χ4v) is 5.04. The number of nitrogens with zero attached hydrogens (tertiary/aromatic N) is 4. The molecule has 1 saturated heterocycles. The Morgan fingerprint density at radius 3 is 2.63 bits per heavy atom. The van der Waals surface area contributed by atoms with Gasteiger partial charge in [0.1, 0.15) is 16.5 Å². The van der Waals surface area contributed by atoms with Crippen LogP contribution in [0.2, 0.25) is 0 Å². The zero-order valence-electron chi connectivity index (χ0n) is 16.1. The third-order valence-electron chi connectivity index (χ3n) is 5.89. The van der Waals surface area contributed by atoms with Crippen LogP contribution < -0.4 is 4.90 Å². The fraction of sp³-hybridized carbons (Fsp3) is 0.455. The summed E-state index contributed by atoms with van der Waals surface area (Å²) in [6.45, 7) is 2.14. The molecular weight excluding hydrogens is 352 g/mol. The standard InChI is InChI=1S/C22H26N4S/c1-25(2)17-9-6-12-26(13-17)21-19-18(15-7-4-3-5-8-15)14-27-22(19)24-20(23-21)16-10-11-16/h3-5,7-8,14,16-17H,6,9-13H2,1-2H3/t17-/m1/s1. The highest BCUT2D eigenvalue weighted by molar-refractivity contribution is 7.17. The van der Waals surface area contributed by atoms with Crippen molar-refractivity contribution in [1.29, 1.82) is 0 Å². The van der Waals surface area contributed by atoms with E-state index in [-0.39, 0.29) is 0 Å². The average Bonchev–Trinajstić information content (AvgIpc) is 3.47. The first-order chi connectivity index (χ1) is 13.2. The Morgan fingerprint density at radius 2 is 1.89 bits per heavy atom. The number of thiophene rings is 1. The third-order valence-corrected chi connectivity index (χ3v) is 6.76. The Morgan fingerprint density at radius 1 is 1.07 bits per heavy atom. The second-order valence-corrected chi connectivity index (χ2v) is 8.94. The van der Waals surface area contributed by atoms with Crippen molar-refractivity contribution in [2.45, 2.75) is 37.6 Å². The van der Waals surface area contributed by atoms with Gasteiger partial charge in [0.15, 0.2) is 0 Å². The molecule has 5 rings (SSSR count). The molecule has 3 heterocycles. The molecule has 2 aromatic heterocycles. The molecule has 1 atom stereocenters. The van der Waals surface area contributed by atoms with Crippen LogP contribution in [0, 0.1) is 0 Å². The summed E-state index contributed by atoms with van der Waals surface area (Å²) in [5.41, 5.74) is 2.54. The molecule has 0 bridgehead atoms. The van der Waals surface area contributed by atoms with E-state index in [9.17, 15) is 0 Å². The largest absolute Gasteiger partial charge is 0.354 e. The minimum absolute atomic E-state index is 0.574. The number of anilines is 1. The highest BCUT2D eigenvalue weighted by atomic mass is 32.1. The number of hydrogen-bond acceptors (Lipinski definition) is 5. The van der Waals surface area contributed by atoms with Crippen molar-refractivity contribution in [1.82, 2.24) is 14.9 Å². The summed E-state index contributed by atoms with van der Waals surface area (Å²) in [6.07, 6.45) is 4.96. The van der Waals surface area contributed by atoms with E-state index in [2.05, 4.69) is 59.6 Å². The summed E-state index contributed by atoms with van der Waals surface area (Å²) in [7, 11) is 4.39. The second-order valence-electron chi connectivity index (χ2n) is 8.08. The van der Waals surface area contributed by atoms with Gasteiger partial charge >= 0.3 is 0 Å². The lowest BCUT2D eigenvalue weighted by Gasteiger charge is -2.37. The van der Waals surface area contributed by atoms with Gasteiger partial charge in [-0.15, -0.1) is 11.3 Å². The van der Waals surface area contributed by atoms with Gasteiger partial charge in [-0.1, -0.05) is 30.3 Å². The normalized spacial score (nSPS) is 20.6. The Balaban J connectivity index is 1.65. The zero-order valence-corrected chi connectivity index (χ0v) is 16.9. The first kappa shape index (κ1) is 17.1. The number of rotatable bonds is 4. The van der Waals surface area contributed by atoms with E-state index in [0.717, 1.165) is 29.6 Å². The molecule has 4 nitrogen and oxygen atoms in total. The molecule has 2 fully saturated rings. The maximum absolute atomic E-state index is 5.14. The van der Waals surface area contributed by atoms with Gasteiger partial charge in [0.2, 0.25) is 0 Å². The third kappa shape index (κ3) is 3.23. The monoisotopic (exact) mass is 378 g/mol. The Kier molecular flexibility index (Phi) is 4.37. The van der Waals surface area contributed by atoms with Crippen LogP contribution in [0.4, 0.5) is 5.82 Å². The van der Waals surface area contributed by atoms with E-state index in [0.29, 0.717) is 12.0 Å². The maximum Gasteiger partial charge on any atom is 0.141 e. The Hall–Kier alpha value is -1.98. The van der Waals surface area contributed by atoms with Crippen molar-refractivity contribution >= 4 is 27.4 Å². The molecular formula is C22H26N4S. The van der Waals surface area contributed by atoms with Crippen molar-refractivity contribution < 1.29 is 0 Å². The van der Waals surface area contributed by atoms with Crippen molar-refractivity contribution in [3.63, 3.8) is 0 Å². The molecule has 5 heteroatoms. The van der Waals surface area contributed by atoms with Crippen molar-refractivity contribution in [3.8, 4) is 11.1 Å². The number of likely N-dealkylation sites (N-methyl/N-ethyl adjacent to an activating group) is 1. The smallest absolute Gasteiger partial charge is 0.141 e. The summed E-state index contributed by atoms with van der Waals surface area (Å²) in [6, 6.07) is 11.3. The van der Waals surface area contributed by atoms with E-state index in [1.165, 1.54) is 42.2 Å². The van der Waals surface area contributed by atoms with Gasteiger partial charge in [-0.05, 0) is 45.3 Å². The Labute approximate surface area is 164 Å². The number of fused-ring (bicyclic) bond motifs is 1. The molecule has 0 unspecified atom stereocenters. The molecule has 0 N–H and O–H groups in total. The highest BCUT2D eigenvalue weighted by Crippen LogP contribution is 2.43. The number of benzene rings is 1. The van der Waals surface area contributed by atoms with E-state index in [1.807, 2.05) is 0 Å². The van der Waals surface area contributed by atoms with Crippen LogP contribution in [0.3, 0.4) is 0 Å². The molecule has 0 spiro atoms. The van der Waals surface area contributed by atoms with Crippen LogP contribution >= 0.6 is 11.3 Å². The summed E-state index contributed by atoms with van der Waals surface area (Å²) in [5.74, 6) is 2.80. The Bertz CT molecular complexity index is 946. The summed E-state index contributed by atoms with van der Waals surface area (Å²) >= 11 is 1.77. The second kappa shape index (κ2) is 6.88. The molecule has 27 heavy (non-hydrogen) atoms. The molecule has 3 aromatic rings. The van der Waals surface area contributed by atoms with E-state index in [4.69, 9.17) is 9.97 Å². The lowest BCUT2D eigenvalue weighted by Crippen LogP contribution is -2.45. The minimum atomic E-state index is 0.574. The summed E-state index contributed by atoms with van der Waals surface area (Å²) in [5, 5.41) is 3.51. The lowest BCUT2D eigenvalue weighted by atomic mass is 10.0. The topological polar surface area (TPSA) is 32.3 Å². The van der Waals surface area contributed by atoms with Gasteiger partial charge in [0.05, 0.1) is 5.39 Å². The first-order valence-corrected chi connectivity index (χ1v) is 10.8. The number of hydrogen-bond donors (Lipinski definition) is 0. The van der Waals surface area contributed by atoms with Crippen molar-refractivity contribution in [3.05, 3.63) is 41.5 Å². The molecule has 0 radical (unpaired) electrons. The molecule has 0 amide bonds. The molecule has 1 aliphatic heterocycles. The van der Waals surface area contributed by atoms with Crippen molar-refractivity contribution in [2.24, 2.45) is 0 Å². The predicted molar refractivity (Wildman–Crippen MR) is 114 cm³/mol. The van der Waals surface area contributed by atoms with Crippen molar-refractivity contribution in [2.75, 3.05) is 32.1 Å². The van der Waals surface area contributed by atoms with Gasteiger partial charge in [-0.25, -0.2) is 9.97 Å². The summed E-state index contributed by atoms with van der Waals surface area (Å²) < 4.78 is 0. The zero-order chi connectivity index (χ0) is 18.4. The van der Waals surface area contributed by atoms with Crippen LogP contribution in [0.25, 0.3) is 21.3 Å².